The molecule has 0 spiro atoms. The van der Waals surface area contributed by atoms with Crippen LogP contribution in [0.2, 0.25) is 10.3 Å². The summed E-state index contributed by atoms with van der Waals surface area (Å²) >= 11 is 12.1. The average molecular weight is 332 g/mol. The molecule has 0 aliphatic heterocycles. The largest absolute Gasteiger partial charge is 0.253 e. The number of nitrogens with zero attached hydrogens (tertiary/aromatic N) is 3. The van der Waals surface area contributed by atoms with Gasteiger partial charge in [0, 0.05) is 16.6 Å². The molecule has 3 aromatic rings. The summed E-state index contributed by atoms with van der Waals surface area (Å²) in [7, 11) is 0. The van der Waals surface area contributed by atoms with Gasteiger partial charge in [-0.1, -0.05) is 31.5 Å². The number of hydrogen-bond acceptors (Lipinski definition) is 3. The van der Waals surface area contributed by atoms with E-state index in [1.165, 1.54) is 11.8 Å². The Morgan fingerprint density at radius 3 is 2.55 bits per heavy atom. The first-order chi connectivity index (χ1) is 10.5. The maximum absolute atomic E-state index is 6.21. The molecular weight excluding hydrogens is 317 g/mol. The van der Waals surface area contributed by atoms with Gasteiger partial charge in [0.2, 0.25) is 5.28 Å². The zero-order chi connectivity index (χ0) is 15.9. The highest BCUT2D eigenvalue weighted by atomic mass is 35.5. The molecular formula is C17H15Cl2N3. The number of aromatic nitrogens is 3. The Morgan fingerprint density at radius 2 is 1.82 bits per heavy atom. The van der Waals surface area contributed by atoms with Crippen molar-refractivity contribution in [2.24, 2.45) is 0 Å². The first-order valence-corrected chi connectivity index (χ1v) is 7.81. The van der Waals surface area contributed by atoms with E-state index in [1.54, 1.807) is 0 Å². The normalized spacial score (nSPS) is 11.4. The highest BCUT2D eigenvalue weighted by Crippen LogP contribution is 2.32. The van der Waals surface area contributed by atoms with Crippen molar-refractivity contribution in [1.29, 1.82) is 0 Å². The molecule has 0 radical (unpaired) electrons. The number of hydrogen-bond donors (Lipinski definition) is 0. The molecule has 0 unspecified atom stereocenters. The molecule has 0 fully saturated rings. The molecule has 112 valence electrons. The lowest BCUT2D eigenvalue weighted by Crippen LogP contribution is -1.95. The van der Waals surface area contributed by atoms with Gasteiger partial charge in [-0.3, -0.25) is 4.98 Å². The molecule has 0 amide bonds. The van der Waals surface area contributed by atoms with Crippen molar-refractivity contribution in [1.82, 2.24) is 15.0 Å². The van der Waals surface area contributed by atoms with Crippen molar-refractivity contribution in [3.63, 3.8) is 0 Å². The molecule has 5 heteroatoms. The lowest BCUT2D eigenvalue weighted by molar-refractivity contribution is 0.871. The van der Waals surface area contributed by atoms with E-state index in [0.717, 1.165) is 22.2 Å². The van der Waals surface area contributed by atoms with Gasteiger partial charge in [0.1, 0.15) is 0 Å². The van der Waals surface area contributed by atoms with E-state index in [0.29, 0.717) is 16.6 Å². The van der Waals surface area contributed by atoms with Gasteiger partial charge in [-0.05, 0) is 48.2 Å². The minimum Gasteiger partial charge on any atom is -0.253 e. The van der Waals surface area contributed by atoms with Crippen molar-refractivity contribution in [2.45, 2.75) is 26.7 Å². The van der Waals surface area contributed by atoms with Crippen LogP contribution < -0.4 is 0 Å². The Hall–Kier alpha value is -1.71. The number of fused-ring (bicyclic) bond motifs is 1. The van der Waals surface area contributed by atoms with Gasteiger partial charge < -0.3 is 0 Å². The average Bonchev–Trinajstić information content (AvgIpc) is 2.48. The smallest absolute Gasteiger partial charge is 0.222 e. The Morgan fingerprint density at radius 1 is 1.05 bits per heavy atom. The van der Waals surface area contributed by atoms with Crippen molar-refractivity contribution in [3.8, 4) is 11.3 Å². The van der Waals surface area contributed by atoms with E-state index in [-0.39, 0.29) is 5.28 Å². The van der Waals surface area contributed by atoms with Crippen molar-refractivity contribution >= 4 is 34.1 Å². The third kappa shape index (κ3) is 2.79. The molecule has 2 heterocycles. The van der Waals surface area contributed by atoms with E-state index in [9.17, 15) is 0 Å². The second-order valence-corrected chi connectivity index (χ2v) is 6.32. The van der Waals surface area contributed by atoms with E-state index in [2.05, 4.69) is 40.9 Å². The summed E-state index contributed by atoms with van der Waals surface area (Å²) < 4.78 is 0. The third-order valence-electron chi connectivity index (χ3n) is 3.58. The number of benzene rings is 1. The Labute approximate surface area is 139 Å². The number of aryl methyl sites for hydroxylation is 1. The second kappa shape index (κ2) is 5.82. The predicted octanol–water partition coefficient (Wildman–Crippen LogP) is 5.43. The van der Waals surface area contributed by atoms with E-state index >= 15 is 0 Å². The minimum atomic E-state index is 0.186. The summed E-state index contributed by atoms with van der Waals surface area (Å²) in [6.07, 6.45) is 1.52. The molecule has 0 saturated heterocycles. The Bertz CT molecular complexity index is 860. The van der Waals surface area contributed by atoms with Crippen LogP contribution in [0.15, 0.2) is 30.5 Å². The lowest BCUT2D eigenvalue weighted by atomic mass is 9.96. The molecule has 0 aliphatic rings. The summed E-state index contributed by atoms with van der Waals surface area (Å²) in [5.41, 5.74) is 4.81. The van der Waals surface area contributed by atoms with Crippen molar-refractivity contribution in [2.75, 3.05) is 0 Å². The van der Waals surface area contributed by atoms with Crippen LogP contribution >= 0.6 is 23.2 Å². The van der Waals surface area contributed by atoms with Crippen LogP contribution in [-0.4, -0.2) is 15.0 Å². The molecule has 22 heavy (non-hydrogen) atoms. The van der Waals surface area contributed by atoms with Gasteiger partial charge in [-0.25, -0.2) is 9.97 Å². The summed E-state index contributed by atoms with van der Waals surface area (Å²) in [6, 6.07) is 8.16. The molecule has 0 N–H and O–H groups in total. The highest BCUT2D eigenvalue weighted by molar-refractivity contribution is 6.33. The standard InChI is InChI=1S/C17H15Cl2N3/c1-9(2)12-6-10(3)21-15-5-4-11(7-13(12)15)16-14(18)8-20-17(19)22-16/h4-9H,1-3H3. The van der Waals surface area contributed by atoms with E-state index in [1.807, 2.05) is 19.1 Å². The lowest BCUT2D eigenvalue weighted by Gasteiger charge is -2.12. The number of pyridine rings is 1. The third-order valence-corrected chi connectivity index (χ3v) is 4.04. The minimum absolute atomic E-state index is 0.186. The first-order valence-electron chi connectivity index (χ1n) is 7.05. The molecule has 1 aromatic carbocycles. The topological polar surface area (TPSA) is 38.7 Å². The SMILES string of the molecule is Cc1cc(C(C)C)c2cc(-c3nc(Cl)ncc3Cl)ccc2n1. The number of rotatable bonds is 2. The van der Waals surface area contributed by atoms with Crippen LogP contribution in [0.3, 0.4) is 0 Å². The van der Waals surface area contributed by atoms with Gasteiger partial charge in [0.05, 0.1) is 22.4 Å². The summed E-state index contributed by atoms with van der Waals surface area (Å²) in [4.78, 5) is 12.7. The molecule has 3 nitrogen and oxygen atoms in total. The fourth-order valence-corrected chi connectivity index (χ4v) is 2.90. The quantitative estimate of drug-likeness (QED) is 0.587. The molecule has 3 rings (SSSR count). The molecule has 0 saturated carbocycles. The predicted molar refractivity (Wildman–Crippen MR) is 91.6 cm³/mol. The monoisotopic (exact) mass is 331 g/mol. The van der Waals surface area contributed by atoms with Crippen molar-refractivity contribution < 1.29 is 0 Å². The summed E-state index contributed by atoms with van der Waals surface area (Å²) in [5.74, 6) is 0.406. The van der Waals surface area contributed by atoms with Crippen LogP contribution in [0.1, 0.15) is 31.0 Å². The summed E-state index contributed by atoms with van der Waals surface area (Å²) in [5, 5.41) is 1.78. The Balaban J connectivity index is 2.27. The Kier molecular flexibility index (Phi) is 4.02. The van der Waals surface area contributed by atoms with Crippen LogP contribution in [-0.2, 0) is 0 Å². The van der Waals surface area contributed by atoms with Gasteiger partial charge >= 0.3 is 0 Å². The van der Waals surface area contributed by atoms with E-state index in [4.69, 9.17) is 23.2 Å². The van der Waals surface area contributed by atoms with Gasteiger partial charge in [-0.2, -0.15) is 0 Å². The van der Waals surface area contributed by atoms with Gasteiger partial charge in [-0.15, -0.1) is 0 Å². The second-order valence-electron chi connectivity index (χ2n) is 5.58. The van der Waals surface area contributed by atoms with Crippen LogP contribution in [0.4, 0.5) is 0 Å². The van der Waals surface area contributed by atoms with Crippen LogP contribution in [0.5, 0.6) is 0 Å². The zero-order valence-corrected chi connectivity index (χ0v) is 14.1. The number of halogens is 2. The fraction of sp³-hybridized carbons (Fsp3) is 0.235. The van der Waals surface area contributed by atoms with Gasteiger partial charge in [0.15, 0.2) is 0 Å². The maximum Gasteiger partial charge on any atom is 0.222 e. The molecule has 2 aromatic heterocycles. The highest BCUT2D eigenvalue weighted by Gasteiger charge is 2.12. The van der Waals surface area contributed by atoms with Crippen molar-refractivity contribution in [3.05, 3.63) is 52.0 Å². The van der Waals surface area contributed by atoms with Gasteiger partial charge in [0.25, 0.3) is 0 Å². The van der Waals surface area contributed by atoms with Crippen LogP contribution in [0, 0.1) is 6.92 Å². The molecule has 0 atom stereocenters. The molecule has 0 aliphatic carbocycles. The maximum atomic E-state index is 6.21. The first kappa shape index (κ1) is 15.2. The zero-order valence-electron chi connectivity index (χ0n) is 12.6. The summed E-state index contributed by atoms with van der Waals surface area (Å²) in [6.45, 7) is 6.37. The van der Waals surface area contributed by atoms with Crippen LogP contribution in [0.25, 0.3) is 22.2 Å². The fourth-order valence-electron chi connectivity index (χ4n) is 2.56. The van der Waals surface area contributed by atoms with E-state index < -0.39 is 0 Å². The molecule has 0 bridgehead atoms.